The van der Waals surface area contributed by atoms with Gasteiger partial charge in [0.15, 0.2) is 11.5 Å². The van der Waals surface area contributed by atoms with Gasteiger partial charge in [-0.15, -0.1) is 10.2 Å². The van der Waals surface area contributed by atoms with Gasteiger partial charge >= 0.3 is 0 Å². The van der Waals surface area contributed by atoms with Crippen molar-refractivity contribution >= 4 is 0 Å². The summed E-state index contributed by atoms with van der Waals surface area (Å²) < 4.78 is 13.6. The predicted molar refractivity (Wildman–Crippen MR) is 108 cm³/mol. The van der Waals surface area contributed by atoms with E-state index in [0.717, 1.165) is 75.9 Å². The van der Waals surface area contributed by atoms with E-state index in [1.807, 2.05) is 6.07 Å². The molecule has 2 aromatic rings. The number of nitrogens with one attached hydrogen (secondary N) is 1. The molecule has 4 rings (SSSR count). The highest BCUT2D eigenvalue weighted by atomic mass is 16.5. The molecule has 1 aromatic heterocycles. The zero-order chi connectivity index (χ0) is 19.3. The average molecular weight is 386 g/mol. The Balaban J connectivity index is 1.36. The summed E-state index contributed by atoms with van der Waals surface area (Å²) in [5.74, 6) is 4.45. The Morgan fingerprint density at radius 3 is 2.79 bits per heavy atom. The normalized spacial score (nSPS) is 18.1. The Morgan fingerprint density at radius 2 is 2.00 bits per heavy atom. The van der Waals surface area contributed by atoms with E-state index in [9.17, 15) is 0 Å². The first kappa shape index (κ1) is 19.2. The molecule has 0 saturated carbocycles. The van der Waals surface area contributed by atoms with Crippen molar-refractivity contribution in [2.45, 2.75) is 51.7 Å². The van der Waals surface area contributed by atoms with Crippen LogP contribution in [-0.2, 0) is 19.6 Å². The summed E-state index contributed by atoms with van der Waals surface area (Å²) in [6.07, 6.45) is 3.27. The van der Waals surface area contributed by atoms with Gasteiger partial charge in [-0.1, -0.05) is 13.0 Å². The highest BCUT2D eigenvalue weighted by Crippen LogP contribution is 2.31. The van der Waals surface area contributed by atoms with Crippen molar-refractivity contribution in [2.24, 2.45) is 0 Å². The van der Waals surface area contributed by atoms with Gasteiger partial charge in [-0.25, -0.2) is 0 Å². The third-order valence-electron chi connectivity index (χ3n) is 5.70. The summed E-state index contributed by atoms with van der Waals surface area (Å²) in [6, 6.07) is 6.29. The van der Waals surface area contributed by atoms with Crippen molar-refractivity contribution in [3.05, 3.63) is 35.4 Å². The molecule has 0 aliphatic carbocycles. The van der Waals surface area contributed by atoms with Crippen LogP contribution in [0.4, 0.5) is 0 Å². The van der Waals surface area contributed by atoms with Gasteiger partial charge in [0, 0.05) is 25.6 Å². The zero-order valence-electron chi connectivity index (χ0n) is 17.0. The van der Waals surface area contributed by atoms with Crippen molar-refractivity contribution in [1.29, 1.82) is 0 Å². The maximum absolute atomic E-state index is 5.86. The lowest BCUT2D eigenvalue weighted by molar-refractivity contribution is 0.199. The van der Waals surface area contributed by atoms with E-state index < -0.39 is 0 Å². The molecule has 0 atom stereocenters. The molecule has 2 aliphatic rings. The lowest BCUT2D eigenvalue weighted by Crippen LogP contribution is -2.34. The minimum Gasteiger partial charge on any atom is -0.493 e. The smallest absolute Gasteiger partial charge is 0.161 e. The van der Waals surface area contributed by atoms with E-state index in [1.54, 1.807) is 7.11 Å². The van der Waals surface area contributed by atoms with E-state index in [0.29, 0.717) is 12.5 Å². The summed E-state index contributed by atoms with van der Waals surface area (Å²) >= 11 is 0. The van der Waals surface area contributed by atoms with Crippen molar-refractivity contribution in [3.8, 4) is 11.5 Å². The second kappa shape index (κ2) is 8.92. The summed E-state index contributed by atoms with van der Waals surface area (Å²) in [5, 5.41) is 12.3. The van der Waals surface area contributed by atoms with Crippen LogP contribution >= 0.6 is 0 Å². The average Bonchev–Trinajstić information content (AvgIpc) is 3.17. The van der Waals surface area contributed by atoms with Crippen molar-refractivity contribution in [2.75, 3.05) is 33.4 Å². The summed E-state index contributed by atoms with van der Waals surface area (Å²) in [5.41, 5.74) is 1.27. The fourth-order valence-electron chi connectivity index (χ4n) is 4.17. The van der Waals surface area contributed by atoms with E-state index in [2.05, 4.69) is 44.0 Å². The number of rotatable bonds is 7. The summed E-state index contributed by atoms with van der Waals surface area (Å²) in [6.45, 7) is 8.78. The number of methoxy groups -OCH3 is 1. The molecule has 0 unspecified atom stereocenters. The molecule has 0 radical (unpaired) electrons. The molecule has 0 bridgehead atoms. The van der Waals surface area contributed by atoms with E-state index in [-0.39, 0.29) is 0 Å². The van der Waals surface area contributed by atoms with Crippen LogP contribution < -0.4 is 14.8 Å². The molecule has 1 N–H and O–H groups in total. The number of nitrogens with zero attached hydrogens (tertiary/aromatic N) is 4. The molecular formula is C21H31N5O2. The van der Waals surface area contributed by atoms with Gasteiger partial charge in [-0.05, 0) is 50.0 Å². The molecule has 1 saturated heterocycles. The molecule has 7 nitrogen and oxygen atoms in total. The number of hydrogen-bond donors (Lipinski definition) is 1. The van der Waals surface area contributed by atoms with Crippen LogP contribution in [0.15, 0.2) is 18.2 Å². The van der Waals surface area contributed by atoms with Crippen LogP contribution in [0.25, 0.3) is 0 Å². The van der Waals surface area contributed by atoms with Crippen molar-refractivity contribution in [1.82, 2.24) is 25.0 Å². The molecule has 0 spiro atoms. The number of benzene rings is 1. The Hall–Kier alpha value is -2.12. The van der Waals surface area contributed by atoms with Crippen LogP contribution in [0.3, 0.4) is 0 Å². The molecule has 0 amide bonds. The van der Waals surface area contributed by atoms with Gasteiger partial charge in [-0.3, -0.25) is 4.90 Å². The fourth-order valence-corrected chi connectivity index (χ4v) is 4.17. The quantitative estimate of drug-likeness (QED) is 0.790. The minimum atomic E-state index is 0.523. The standard InChI is InChI=1S/C21H31N5O2/c1-3-12-28-19-13-16(4-5-18(19)27-2)15-25-9-6-17(7-10-25)21-24-23-20-14-22-8-11-26(20)21/h4-5,13,17,22H,3,6-12,14-15H2,1-2H3. The molecule has 1 fully saturated rings. The SMILES string of the molecule is CCCOc1cc(CN2CCC(c3nnc4n3CCNC4)CC2)ccc1OC. The molecule has 2 aliphatic heterocycles. The molecule has 1 aromatic carbocycles. The summed E-state index contributed by atoms with van der Waals surface area (Å²) in [4.78, 5) is 2.52. The first-order valence-electron chi connectivity index (χ1n) is 10.4. The van der Waals surface area contributed by atoms with Crippen LogP contribution in [0.2, 0.25) is 0 Å². The topological polar surface area (TPSA) is 64.4 Å². The first-order valence-corrected chi connectivity index (χ1v) is 10.4. The van der Waals surface area contributed by atoms with Crippen molar-refractivity contribution in [3.63, 3.8) is 0 Å². The number of aromatic nitrogens is 3. The molecular weight excluding hydrogens is 354 g/mol. The van der Waals surface area contributed by atoms with Crippen molar-refractivity contribution < 1.29 is 9.47 Å². The highest BCUT2D eigenvalue weighted by Gasteiger charge is 2.27. The Bertz CT molecular complexity index is 783. The van der Waals surface area contributed by atoms with Gasteiger partial charge in [0.25, 0.3) is 0 Å². The molecule has 152 valence electrons. The van der Waals surface area contributed by atoms with E-state index in [4.69, 9.17) is 9.47 Å². The second-order valence-corrected chi connectivity index (χ2v) is 7.69. The maximum atomic E-state index is 5.86. The zero-order valence-corrected chi connectivity index (χ0v) is 17.0. The number of hydrogen-bond acceptors (Lipinski definition) is 6. The van der Waals surface area contributed by atoms with E-state index >= 15 is 0 Å². The van der Waals surface area contributed by atoms with E-state index in [1.165, 1.54) is 11.4 Å². The third-order valence-corrected chi connectivity index (χ3v) is 5.70. The summed E-state index contributed by atoms with van der Waals surface area (Å²) in [7, 11) is 1.69. The molecule has 7 heteroatoms. The number of ether oxygens (including phenoxy) is 2. The lowest BCUT2D eigenvalue weighted by atomic mass is 9.95. The van der Waals surface area contributed by atoms with Crippen LogP contribution in [-0.4, -0.2) is 53.0 Å². The van der Waals surface area contributed by atoms with Gasteiger partial charge in [0.2, 0.25) is 0 Å². The fraction of sp³-hybridized carbons (Fsp3) is 0.619. The van der Waals surface area contributed by atoms with Gasteiger partial charge in [0.05, 0.1) is 20.3 Å². The number of likely N-dealkylation sites (tertiary alicyclic amines) is 1. The van der Waals surface area contributed by atoms with Crippen LogP contribution in [0.5, 0.6) is 11.5 Å². The largest absolute Gasteiger partial charge is 0.493 e. The van der Waals surface area contributed by atoms with Crippen LogP contribution in [0, 0.1) is 0 Å². The Kier molecular flexibility index (Phi) is 6.12. The molecule has 3 heterocycles. The number of fused-ring (bicyclic) bond motifs is 1. The van der Waals surface area contributed by atoms with Gasteiger partial charge in [0.1, 0.15) is 11.6 Å². The second-order valence-electron chi connectivity index (χ2n) is 7.69. The minimum absolute atomic E-state index is 0.523. The highest BCUT2D eigenvalue weighted by molar-refractivity contribution is 5.43. The molecule has 28 heavy (non-hydrogen) atoms. The first-order chi connectivity index (χ1) is 13.8. The maximum Gasteiger partial charge on any atom is 0.161 e. The Labute approximate surface area is 167 Å². The number of piperidine rings is 1. The lowest BCUT2D eigenvalue weighted by Gasteiger charge is -2.32. The third kappa shape index (κ3) is 4.15. The predicted octanol–water partition coefficient (Wildman–Crippen LogP) is 2.56. The van der Waals surface area contributed by atoms with Gasteiger partial charge in [-0.2, -0.15) is 0 Å². The monoisotopic (exact) mass is 385 g/mol. The Morgan fingerprint density at radius 1 is 1.14 bits per heavy atom. The van der Waals surface area contributed by atoms with Crippen LogP contribution in [0.1, 0.15) is 49.3 Å². The van der Waals surface area contributed by atoms with Gasteiger partial charge < -0.3 is 19.4 Å².